The highest BCUT2D eigenvalue weighted by Gasteiger charge is 2.46. The third-order valence-electron chi connectivity index (χ3n) is 7.22. The lowest BCUT2D eigenvalue weighted by atomic mass is 9.99. The molecule has 2 aliphatic rings. The topological polar surface area (TPSA) is 269 Å². The molecule has 0 bridgehead atoms. The highest BCUT2D eigenvalue weighted by Crippen LogP contribution is 2.37. The predicted molar refractivity (Wildman–Crippen MR) is 140 cm³/mol. The molecule has 3 heterocycles. The monoisotopic (exact) mass is 610 g/mol. The summed E-state index contributed by atoms with van der Waals surface area (Å²) in [5.74, 6) is -1.54. The molecule has 1 aromatic heterocycles. The third kappa shape index (κ3) is 5.85. The van der Waals surface area contributed by atoms with Crippen LogP contribution in [0.1, 0.15) is 0 Å². The van der Waals surface area contributed by atoms with Crippen LogP contribution in [0.15, 0.2) is 45.6 Å². The zero-order valence-electron chi connectivity index (χ0n) is 22.1. The van der Waals surface area contributed by atoms with E-state index in [-0.39, 0.29) is 33.8 Å². The fraction of sp³-hybridized carbons (Fsp3) is 0.444. The van der Waals surface area contributed by atoms with Gasteiger partial charge in [0.1, 0.15) is 77.1 Å². The Morgan fingerprint density at radius 2 is 1.26 bits per heavy atom. The smallest absolute Gasteiger partial charge is 0.229 e. The van der Waals surface area contributed by atoms with Crippen LogP contribution in [0.3, 0.4) is 0 Å². The van der Waals surface area contributed by atoms with Crippen LogP contribution in [0.5, 0.6) is 23.0 Å². The molecule has 5 rings (SSSR count). The average Bonchev–Trinajstić information content (AvgIpc) is 2.98. The van der Waals surface area contributed by atoms with Crippen LogP contribution >= 0.6 is 0 Å². The summed E-state index contributed by atoms with van der Waals surface area (Å²) in [6.07, 6.45) is -15.9. The molecule has 3 aromatic rings. The van der Waals surface area contributed by atoms with Crippen LogP contribution < -0.4 is 14.9 Å². The molecule has 0 amide bonds. The van der Waals surface area contributed by atoms with E-state index >= 15 is 0 Å². The van der Waals surface area contributed by atoms with Gasteiger partial charge in [-0.15, -0.1) is 0 Å². The zero-order valence-corrected chi connectivity index (χ0v) is 22.1. The van der Waals surface area contributed by atoms with Crippen LogP contribution in [0.4, 0.5) is 0 Å². The Balaban J connectivity index is 1.45. The van der Waals surface area contributed by atoms with Gasteiger partial charge in [-0.3, -0.25) is 4.79 Å². The second-order valence-corrected chi connectivity index (χ2v) is 10.1. The van der Waals surface area contributed by atoms with Gasteiger partial charge in [-0.25, -0.2) is 0 Å². The lowest BCUT2D eigenvalue weighted by Crippen LogP contribution is -2.60. The van der Waals surface area contributed by atoms with Crippen LogP contribution in [-0.4, -0.2) is 126 Å². The Morgan fingerprint density at radius 1 is 0.674 bits per heavy atom. The van der Waals surface area contributed by atoms with Gasteiger partial charge in [0.2, 0.25) is 12.6 Å². The summed E-state index contributed by atoms with van der Waals surface area (Å²) in [5.41, 5.74) is -0.708. The van der Waals surface area contributed by atoms with E-state index in [1.807, 2.05) is 0 Å². The van der Waals surface area contributed by atoms with Crippen LogP contribution in [0.2, 0.25) is 0 Å². The number of benzene rings is 2. The first kappa shape index (κ1) is 30.9. The summed E-state index contributed by atoms with van der Waals surface area (Å²) in [4.78, 5) is 12.9. The molecule has 234 valence electrons. The fourth-order valence-corrected chi connectivity index (χ4v) is 4.80. The Bertz CT molecular complexity index is 1500. The number of aliphatic hydroxyl groups excluding tert-OH is 8. The highest BCUT2D eigenvalue weighted by molar-refractivity contribution is 5.86. The van der Waals surface area contributed by atoms with Crippen molar-refractivity contribution in [3.63, 3.8) is 0 Å². The van der Waals surface area contributed by atoms with Gasteiger partial charge in [0.05, 0.1) is 13.2 Å². The maximum atomic E-state index is 12.9. The summed E-state index contributed by atoms with van der Waals surface area (Å²) in [5, 5.41) is 99.9. The number of phenols is 2. The number of rotatable bonds is 7. The van der Waals surface area contributed by atoms with Crippen LogP contribution in [0.25, 0.3) is 22.3 Å². The number of aliphatic hydroxyl groups is 8. The van der Waals surface area contributed by atoms with Crippen molar-refractivity contribution >= 4 is 11.0 Å². The van der Waals surface area contributed by atoms with E-state index in [0.717, 1.165) is 12.1 Å². The summed E-state index contributed by atoms with van der Waals surface area (Å²) in [7, 11) is 0. The quantitative estimate of drug-likeness (QED) is 0.130. The molecule has 0 spiro atoms. The SMILES string of the molecule is O=c1cc(-c2ccc(O)c(O[C@@H]3O[C@H](CO)[C@@H](O)[C@H](O)[C@H]3O)c2)oc2cc(O[C@@H]3O[C@H](CO)[C@@H](O)[C@H](O)[C@H]3O)cc(O)c12. The molecule has 10 N–H and O–H groups in total. The molecular formula is C27H30O16. The maximum absolute atomic E-state index is 12.9. The molecule has 16 heteroatoms. The molecule has 0 saturated carbocycles. The lowest BCUT2D eigenvalue weighted by molar-refractivity contribution is -0.277. The molecule has 2 aromatic carbocycles. The Morgan fingerprint density at radius 3 is 1.84 bits per heavy atom. The minimum atomic E-state index is -1.76. The molecule has 16 nitrogen and oxygen atoms in total. The number of fused-ring (bicyclic) bond motifs is 1. The van der Waals surface area contributed by atoms with E-state index in [1.165, 1.54) is 24.3 Å². The average molecular weight is 611 g/mol. The van der Waals surface area contributed by atoms with Crippen LogP contribution in [-0.2, 0) is 9.47 Å². The third-order valence-corrected chi connectivity index (χ3v) is 7.22. The van der Waals surface area contributed by atoms with Gasteiger partial charge >= 0.3 is 0 Å². The Hall–Kier alpha value is -3.55. The Kier molecular flexibility index (Phi) is 8.77. The van der Waals surface area contributed by atoms with E-state index in [2.05, 4.69) is 0 Å². The van der Waals surface area contributed by atoms with Crippen molar-refractivity contribution in [1.29, 1.82) is 0 Å². The first-order valence-electron chi connectivity index (χ1n) is 13.0. The van der Waals surface area contributed by atoms with Gasteiger partial charge < -0.3 is 74.4 Å². The van der Waals surface area contributed by atoms with E-state index < -0.39 is 91.6 Å². The van der Waals surface area contributed by atoms with Gasteiger partial charge in [0.15, 0.2) is 16.9 Å². The number of aromatic hydroxyl groups is 2. The second kappa shape index (κ2) is 12.2. The van der Waals surface area contributed by atoms with Gasteiger partial charge in [-0.1, -0.05) is 0 Å². The van der Waals surface area contributed by atoms with Gasteiger partial charge in [0.25, 0.3) is 0 Å². The maximum Gasteiger partial charge on any atom is 0.229 e. The van der Waals surface area contributed by atoms with Crippen LogP contribution in [0, 0.1) is 0 Å². The highest BCUT2D eigenvalue weighted by atomic mass is 16.7. The summed E-state index contributed by atoms with van der Waals surface area (Å²) in [6, 6.07) is 7.02. The van der Waals surface area contributed by atoms with Crippen molar-refractivity contribution in [2.75, 3.05) is 13.2 Å². The van der Waals surface area contributed by atoms with Gasteiger partial charge in [-0.2, -0.15) is 0 Å². The van der Waals surface area contributed by atoms with Crippen molar-refractivity contribution in [3.8, 4) is 34.3 Å². The van der Waals surface area contributed by atoms with E-state index in [9.17, 15) is 55.9 Å². The Labute approximate surface area is 241 Å². The molecular weight excluding hydrogens is 580 g/mol. The van der Waals surface area contributed by atoms with Crippen molar-refractivity contribution in [1.82, 2.24) is 0 Å². The van der Waals surface area contributed by atoms with Gasteiger partial charge in [0, 0.05) is 23.8 Å². The van der Waals surface area contributed by atoms with Crippen molar-refractivity contribution in [2.24, 2.45) is 0 Å². The minimum Gasteiger partial charge on any atom is -0.507 e. The number of hydrogen-bond donors (Lipinski definition) is 10. The summed E-state index contributed by atoms with van der Waals surface area (Å²) >= 11 is 0. The minimum absolute atomic E-state index is 0.0828. The normalized spacial score (nSPS) is 32.9. The molecule has 2 saturated heterocycles. The van der Waals surface area contributed by atoms with Crippen molar-refractivity contribution in [3.05, 3.63) is 46.6 Å². The lowest BCUT2D eigenvalue weighted by Gasteiger charge is -2.39. The molecule has 2 aliphatic heterocycles. The largest absolute Gasteiger partial charge is 0.507 e. The van der Waals surface area contributed by atoms with Crippen molar-refractivity contribution in [2.45, 2.75) is 61.4 Å². The molecule has 43 heavy (non-hydrogen) atoms. The number of ether oxygens (including phenoxy) is 4. The standard InChI is InChI=1S/C27H30O16/c28-7-17-20(33)22(35)24(37)26(42-17)39-10-4-12(31)19-13(32)6-14(40-16(19)5-10)9-1-2-11(30)15(3-9)41-27-25(38)23(36)21(34)18(8-29)43-27/h1-6,17-18,20-31,33-38H,7-8H2/t17-,18-,20-,21-,22+,23+,24-,25-,26-,27-/m1/s1. The molecule has 0 unspecified atom stereocenters. The van der Waals surface area contributed by atoms with E-state index in [4.69, 9.17) is 23.4 Å². The summed E-state index contributed by atoms with van der Waals surface area (Å²) < 4.78 is 27.5. The fourth-order valence-electron chi connectivity index (χ4n) is 4.80. The molecule has 0 aliphatic carbocycles. The number of phenolic OH excluding ortho intramolecular Hbond substituents is 2. The first-order chi connectivity index (χ1) is 20.4. The molecule has 0 radical (unpaired) electrons. The van der Waals surface area contributed by atoms with E-state index in [1.54, 1.807) is 0 Å². The predicted octanol–water partition coefficient (Wildman–Crippen LogP) is -2.77. The van der Waals surface area contributed by atoms with Gasteiger partial charge in [-0.05, 0) is 18.2 Å². The second-order valence-electron chi connectivity index (χ2n) is 10.1. The van der Waals surface area contributed by atoms with E-state index in [0.29, 0.717) is 0 Å². The molecule has 10 atom stereocenters. The first-order valence-corrected chi connectivity index (χ1v) is 13.0. The summed E-state index contributed by atoms with van der Waals surface area (Å²) in [6.45, 7) is -1.39. The molecule has 2 fully saturated rings. The zero-order chi connectivity index (χ0) is 31.2. The number of hydrogen-bond acceptors (Lipinski definition) is 16. The van der Waals surface area contributed by atoms with Crippen molar-refractivity contribution < 1.29 is 74.4 Å².